The Morgan fingerprint density at radius 3 is 2.43 bits per heavy atom. The lowest BCUT2D eigenvalue weighted by Gasteiger charge is -2.35. The van der Waals surface area contributed by atoms with Crippen LogP contribution >= 0.6 is 11.8 Å². The number of amides is 2. The van der Waals surface area contributed by atoms with Gasteiger partial charge in [-0.25, -0.2) is 4.98 Å². The lowest BCUT2D eigenvalue weighted by Crippen LogP contribution is -2.53. The molecule has 0 spiro atoms. The Balaban J connectivity index is 1.39. The summed E-state index contributed by atoms with van der Waals surface area (Å²) in [5.41, 5.74) is 0.433. The molecular weight excluding hydrogens is 462 g/mol. The van der Waals surface area contributed by atoms with E-state index >= 15 is 0 Å². The summed E-state index contributed by atoms with van der Waals surface area (Å²) in [6.07, 6.45) is 5.39. The van der Waals surface area contributed by atoms with E-state index in [4.69, 9.17) is 4.98 Å². The van der Waals surface area contributed by atoms with Gasteiger partial charge in [-0.1, -0.05) is 43.2 Å². The molecule has 1 aromatic heterocycles. The average Bonchev–Trinajstić information content (AvgIpc) is 2.82. The molecule has 2 aliphatic rings. The van der Waals surface area contributed by atoms with Crippen LogP contribution in [0, 0.1) is 0 Å². The van der Waals surface area contributed by atoms with Crippen LogP contribution in [0.3, 0.4) is 0 Å². The highest BCUT2D eigenvalue weighted by Crippen LogP contribution is 2.31. The van der Waals surface area contributed by atoms with E-state index in [9.17, 15) is 14.4 Å². The Labute approximate surface area is 211 Å². The standard InChI is InChI=1S/C26H37N5O3S/c1-26(2,3)28-22(32)17-29-13-15-30(16-14-29)23(33)18-35-25-27-21-12-8-7-11-20(21)24(34)31(25)19-9-5-4-6-10-19/h7-8,11-12,19H,4-6,9-10,13-18H2,1-3H3,(H,28,32). The number of carbonyl (C=O) groups excluding carboxylic acids is 2. The summed E-state index contributed by atoms with van der Waals surface area (Å²) in [6.45, 7) is 8.81. The van der Waals surface area contributed by atoms with Crippen LogP contribution < -0.4 is 10.9 Å². The van der Waals surface area contributed by atoms with Gasteiger partial charge in [0.1, 0.15) is 0 Å². The predicted octanol–water partition coefficient (Wildman–Crippen LogP) is 3.05. The monoisotopic (exact) mass is 499 g/mol. The summed E-state index contributed by atoms with van der Waals surface area (Å²) < 4.78 is 1.85. The van der Waals surface area contributed by atoms with Crippen LogP contribution in [0.4, 0.5) is 0 Å². The van der Waals surface area contributed by atoms with Gasteiger partial charge >= 0.3 is 0 Å². The SMILES string of the molecule is CC(C)(C)NC(=O)CN1CCN(C(=O)CSc2nc3ccccc3c(=O)n2C2CCCCC2)CC1. The molecule has 1 saturated heterocycles. The first kappa shape index (κ1) is 25.7. The van der Waals surface area contributed by atoms with E-state index in [0.29, 0.717) is 48.8 Å². The summed E-state index contributed by atoms with van der Waals surface area (Å²) >= 11 is 1.37. The lowest BCUT2D eigenvalue weighted by atomic mass is 9.95. The number of rotatable bonds is 6. The van der Waals surface area contributed by atoms with Crippen molar-refractivity contribution in [1.29, 1.82) is 0 Å². The summed E-state index contributed by atoms with van der Waals surface area (Å²) in [4.78, 5) is 47.4. The molecule has 1 N–H and O–H groups in total. The highest BCUT2D eigenvalue weighted by atomic mass is 32.2. The molecule has 0 unspecified atom stereocenters. The fourth-order valence-electron chi connectivity index (χ4n) is 4.92. The minimum Gasteiger partial charge on any atom is -0.350 e. The number of fused-ring (bicyclic) bond motifs is 1. The second kappa shape index (κ2) is 11.1. The molecule has 2 amide bonds. The molecule has 1 saturated carbocycles. The normalized spacial score (nSPS) is 18.1. The number of carbonyl (C=O) groups is 2. The van der Waals surface area contributed by atoms with Crippen LogP contribution in [0.1, 0.15) is 58.9 Å². The number of piperazine rings is 1. The zero-order valence-electron chi connectivity index (χ0n) is 21.1. The van der Waals surface area contributed by atoms with Gasteiger partial charge in [-0.3, -0.25) is 23.9 Å². The second-order valence-corrected chi connectivity index (χ2v) is 11.6. The van der Waals surface area contributed by atoms with Gasteiger partial charge in [-0.2, -0.15) is 0 Å². The number of benzene rings is 1. The summed E-state index contributed by atoms with van der Waals surface area (Å²) in [7, 11) is 0. The Kier molecular flexibility index (Phi) is 8.16. The predicted molar refractivity (Wildman–Crippen MR) is 140 cm³/mol. The fraction of sp³-hybridized carbons (Fsp3) is 0.615. The molecule has 2 heterocycles. The van der Waals surface area contributed by atoms with Crippen LogP contribution in [0.5, 0.6) is 0 Å². The summed E-state index contributed by atoms with van der Waals surface area (Å²) in [5.74, 6) is 0.310. The largest absolute Gasteiger partial charge is 0.350 e. The molecule has 0 atom stereocenters. The quantitative estimate of drug-likeness (QED) is 0.486. The minimum atomic E-state index is -0.249. The maximum atomic E-state index is 13.4. The van der Waals surface area contributed by atoms with Crippen molar-refractivity contribution in [3.8, 4) is 0 Å². The van der Waals surface area contributed by atoms with Crippen molar-refractivity contribution < 1.29 is 9.59 Å². The van der Waals surface area contributed by atoms with E-state index in [1.165, 1.54) is 18.2 Å². The van der Waals surface area contributed by atoms with E-state index in [-0.39, 0.29) is 34.7 Å². The second-order valence-electron chi connectivity index (χ2n) is 10.6. The van der Waals surface area contributed by atoms with Crippen molar-refractivity contribution in [2.24, 2.45) is 0 Å². The molecule has 1 aromatic carbocycles. The zero-order valence-corrected chi connectivity index (χ0v) is 21.9. The van der Waals surface area contributed by atoms with E-state index in [2.05, 4.69) is 10.2 Å². The van der Waals surface area contributed by atoms with Gasteiger partial charge < -0.3 is 10.2 Å². The van der Waals surface area contributed by atoms with Crippen molar-refractivity contribution in [1.82, 2.24) is 24.7 Å². The van der Waals surface area contributed by atoms with Gasteiger partial charge in [0.2, 0.25) is 11.8 Å². The molecule has 0 radical (unpaired) electrons. The first-order valence-electron chi connectivity index (χ1n) is 12.7. The molecule has 2 fully saturated rings. The van der Waals surface area contributed by atoms with Gasteiger partial charge in [0, 0.05) is 37.8 Å². The summed E-state index contributed by atoms with van der Waals surface area (Å²) in [6, 6.07) is 7.61. The Bertz CT molecular complexity index is 1110. The number of thioether (sulfide) groups is 1. The van der Waals surface area contributed by atoms with E-state index in [1.807, 2.05) is 54.5 Å². The van der Waals surface area contributed by atoms with Crippen LogP contribution in [-0.4, -0.2) is 75.2 Å². The van der Waals surface area contributed by atoms with Crippen LogP contribution in [0.15, 0.2) is 34.2 Å². The van der Waals surface area contributed by atoms with E-state index in [1.54, 1.807) is 0 Å². The minimum absolute atomic E-state index is 0.000373. The van der Waals surface area contributed by atoms with Crippen LogP contribution in [0.2, 0.25) is 0 Å². The number of hydrogen-bond acceptors (Lipinski definition) is 6. The van der Waals surface area contributed by atoms with E-state index in [0.717, 1.165) is 25.7 Å². The molecule has 1 aliphatic heterocycles. The van der Waals surface area contributed by atoms with Gasteiger partial charge in [0.25, 0.3) is 5.56 Å². The van der Waals surface area contributed by atoms with Crippen molar-refractivity contribution in [2.75, 3.05) is 38.5 Å². The molecule has 4 rings (SSSR count). The lowest BCUT2D eigenvalue weighted by molar-refractivity contribution is -0.130. The van der Waals surface area contributed by atoms with Gasteiger partial charge in [-0.05, 0) is 45.7 Å². The van der Waals surface area contributed by atoms with Crippen molar-refractivity contribution in [3.63, 3.8) is 0 Å². The molecule has 8 nitrogen and oxygen atoms in total. The molecule has 9 heteroatoms. The maximum absolute atomic E-state index is 13.4. The Hall–Kier alpha value is -2.39. The number of hydrogen-bond donors (Lipinski definition) is 1. The smallest absolute Gasteiger partial charge is 0.262 e. The number of aromatic nitrogens is 2. The zero-order chi connectivity index (χ0) is 25.0. The average molecular weight is 500 g/mol. The van der Waals surface area contributed by atoms with Crippen LogP contribution in [-0.2, 0) is 9.59 Å². The number of para-hydroxylation sites is 1. The molecule has 2 aromatic rings. The van der Waals surface area contributed by atoms with Gasteiger partial charge in [0.15, 0.2) is 5.16 Å². The van der Waals surface area contributed by atoms with Crippen molar-refractivity contribution in [2.45, 2.75) is 69.6 Å². The van der Waals surface area contributed by atoms with Crippen molar-refractivity contribution in [3.05, 3.63) is 34.6 Å². The highest BCUT2D eigenvalue weighted by molar-refractivity contribution is 7.99. The molecule has 35 heavy (non-hydrogen) atoms. The first-order valence-corrected chi connectivity index (χ1v) is 13.6. The topological polar surface area (TPSA) is 87.5 Å². The van der Waals surface area contributed by atoms with Gasteiger partial charge in [0.05, 0.1) is 23.2 Å². The van der Waals surface area contributed by atoms with Crippen molar-refractivity contribution >= 4 is 34.5 Å². The number of nitrogens with zero attached hydrogens (tertiary/aromatic N) is 4. The maximum Gasteiger partial charge on any atom is 0.262 e. The Morgan fingerprint density at radius 1 is 1.06 bits per heavy atom. The number of nitrogens with one attached hydrogen (secondary N) is 1. The highest BCUT2D eigenvalue weighted by Gasteiger charge is 2.26. The third-order valence-electron chi connectivity index (χ3n) is 6.65. The molecular formula is C26H37N5O3S. The Morgan fingerprint density at radius 2 is 1.74 bits per heavy atom. The van der Waals surface area contributed by atoms with Crippen LogP contribution in [0.25, 0.3) is 10.9 Å². The van der Waals surface area contributed by atoms with Gasteiger partial charge in [-0.15, -0.1) is 0 Å². The third kappa shape index (κ3) is 6.64. The molecule has 190 valence electrons. The summed E-state index contributed by atoms with van der Waals surface area (Å²) in [5, 5.41) is 4.27. The third-order valence-corrected chi connectivity index (χ3v) is 7.58. The molecule has 0 bridgehead atoms. The first-order chi connectivity index (χ1) is 16.7. The molecule has 1 aliphatic carbocycles. The fourth-order valence-corrected chi connectivity index (χ4v) is 5.89. The van der Waals surface area contributed by atoms with E-state index < -0.39 is 0 Å².